The number of rotatable bonds is 6. The van der Waals surface area contributed by atoms with Gasteiger partial charge in [-0.3, -0.25) is 5.10 Å². The zero-order valence-corrected chi connectivity index (χ0v) is 10.2. The largest absolute Gasteiger partial charge is 0.394 e. The molecule has 1 aromatic rings. The van der Waals surface area contributed by atoms with Crippen molar-refractivity contribution in [3.63, 3.8) is 0 Å². The number of aromatic nitrogens is 2. The fourth-order valence-electron chi connectivity index (χ4n) is 1.38. The third-order valence-corrected chi connectivity index (χ3v) is 4.28. The van der Waals surface area contributed by atoms with Gasteiger partial charge in [0, 0.05) is 0 Å². The van der Waals surface area contributed by atoms with Crippen molar-refractivity contribution in [3.05, 3.63) is 12.3 Å². The van der Waals surface area contributed by atoms with Crippen LogP contribution in [0.15, 0.2) is 17.3 Å². The summed E-state index contributed by atoms with van der Waals surface area (Å²) in [5.41, 5.74) is -0.802. The normalized spacial score (nSPS) is 12.9. The lowest BCUT2D eigenvalue weighted by Crippen LogP contribution is -2.50. The average Bonchev–Trinajstić information content (AvgIpc) is 2.80. The smallest absolute Gasteiger partial charge is 0.258 e. The van der Waals surface area contributed by atoms with Crippen molar-refractivity contribution in [2.45, 2.75) is 37.3 Å². The van der Waals surface area contributed by atoms with Crippen LogP contribution in [0, 0.1) is 0 Å². The number of sulfonamides is 1. The molecular weight excluding hydrogens is 230 g/mol. The molecule has 0 aliphatic rings. The molecule has 16 heavy (non-hydrogen) atoms. The topological polar surface area (TPSA) is 95.1 Å². The SMILES string of the molecule is CCC(CC)(CO)NS(=O)(=O)c1ccn[nH]1. The minimum absolute atomic E-state index is 0.00669. The highest BCUT2D eigenvalue weighted by molar-refractivity contribution is 7.89. The van der Waals surface area contributed by atoms with Gasteiger partial charge in [-0.15, -0.1) is 0 Å². The van der Waals surface area contributed by atoms with Gasteiger partial charge < -0.3 is 5.11 Å². The van der Waals surface area contributed by atoms with Crippen LogP contribution in [0.5, 0.6) is 0 Å². The average molecular weight is 247 g/mol. The molecule has 0 aliphatic heterocycles. The Hall–Kier alpha value is -0.920. The Bertz CT molecular complexity index is 401. The fraction of sp³-hybridized carbons (Fsp3) is 0.667. The summed E-state index contributed by atoms with van der Waals surface area (Å²) in [5, 5.41) is 15.3. The van der Waals surface area contributed by atoms with Crippen LogP contribution in [-0.4, -0.2) is 35.9 Å². The maximum atomic E-state index is 11.9. The maximum Gasteiger partial charge on any atom is 0.258 e. The van der Waals surface area contributed by atoms with Crippen molar-refractivity contribution >= 4 is 10.0 Å². The third-order valence-electron chi connectivity index (χ3n) is 2.77. The number of hydrogen-bond acceptors (Lipinski definition) is 4. The van der Waals surface area contributed by atoms with Gasteiger partial charge in [-0.25, -0.2) is 13.1 Å². The summed E-state index contributed by atoms with van der Waals surface area (Å²) in [4.78, 5) is 0. The number of nitrogens with zero attached hydrogens (tertiary/aromatic N) is 1. The van der Waals surface area contributed by atoms with Gasteiger partial charge in [0.15, 0.2) is 5.03 Å². The molecule has 0 saturated carbocycles. The van der Waals surface area contributed by atoms with Crippen molar-refractivity contribution in [1.82, 2.24) is 14.9 Å². The van der Waals surface area contributed by atoms with E-state index in [-0.39, 0.29) is 11.6 Å². The minimum Gasteiger partial charge on any atom is -0.394 e. The van der Waals surface area contributed by atoms with Gasteiger partial charge in [0.05, 0.1) is 18.3 Å². The molecule has 1 heterocycles. The van der Waals surface area contributed by atoms with E-state index < -0.39 is 15.6 Å². The van der Waals surface area contributed by atoms with Gasteiger partial charge in [0.1, 0.15) is 0 Å². The van der Waals surface area contributed by atoms with Gasteiger partial charge in [0.25, 0.3) is 10.0 Å². The molecule has 0 aliphatic carbocycles. The Morgan fingerprint density at radius 1 is 1.50 bits per heavy atom. The van der Waals surface area contributed by atoms with Gasteiger partial charge >= 0.3 is 0 Å². The van der Waals surface area contributed by atoms with Crippen LogP contribution in [-0.2, 0) is 10.0 Å². The van der Waals surface area contributed by atoms with Crippen LogP contribution in [0.1, 0.15) is 26.7 Å². The first-order valence-corrected chi connectivity index (χ1v) is 6.62. The molecule has 0 unspecified atom stereocenters. The molecule has 0 spiro atoms. The number of nitrogens with one attached hydrogen (secondary N) is 2. The monoisotopic (exact) mass is 247 g/mol. The zero-order valence-electron chi connectivity index (χ0n) is 9.40. The van der Waals surface area contributed by atoms with Gasteiger partial charge in [-0.1, -0.05) is 13.8 Å². The van der Waals surface area contributed by atoms with E-state index in [0.717, 1.165) is 0 Å². The Labute approximate surface area is 95.1 Å². The Kier molecular flexibility index (Phi) is 4.06. The van der Waals surface area contributed by atoms with Crippen LogP contribution < -0.4 is 4.72 Å². The molecule has 7 heteroatoms. The molecule has 0 fully saturated rings. The Morgan fingerprint density at radius 2 is 2.12 bits per heavy atom. The second kappa shape index (κ2) is 4.94. The summed E-state index contributed by atoms with van der Waals surface area (Å²) in [6.45, 7) is 3.43. The number of aromatic amines is 1. The van der Waals surface area contributed by atoms with Crippen molar-refractivity contribution < 1.29 is 13.5 Å². The maximum absolute atomic E-state index is 11.9. The van der Waals surface area contributed by atoms with Crippen LogP contribution in [0.4, 0.5) is 0 Å². The highest BCUT2D eigenvalue weighted by Crippen LogP contribution is 2.17. The zero-order chi connectivity index (χ0) is 12.2. The van der Waals surface area contributed by atoms with E-state index in [2.05, 4.69) is 14.9 Å². The second-order valence-electron chi connectivity index (χ2n) is 3.67. The van der Waals surface area contributed by atoms with E-state index in [0.29, 0.717) is 12.8 Å². The van der Waals surface area contributed by atoms with E-state index in [9.17, 15) is 13.5 Å². The Balaban J connectivity index is 2.96. The van der Waals surface area contributed by atoms with E-state index in [4.69, 9.17) is 0 Å². The first-order valence-electron chi connectivity index (χ1n) is 5.14. The van der Waals surface area contributed by atoms with Gasteiger partial charge in [-0.2, -0.15) is 5.10 Å². The van der Waals surface area contributed by atoms with Crippen LogP contribution in [0.2, 0.25) is 0 Å². The predicted molar refractivity (Wildman–Crippen MR) is 59.3 cm³/mol. The molecule has 3 N–H and O–H groups in total. The summed E-state index contributed by atoms with van der Waals surface area (Å²) in [5.74, 6) is 0. The van der Waals surface area contributed by atoms with Crippen LogP contribution in [0.25, 0.3) is 0 Å². The standard InChI is InChI=1S/C9H17N3O3S/c1-3-9(4-2,7-13)12-16(14,15)8-5-6-10-11-8/h5-6,12-13H,3-4,7H2,1-2H3,(H,10,11). The molecule has 0 radical (unpaired) electrons. The first-order chi connectivity index (χ1) is 7.49. The lowest BCUT2D eigenvalue weighted by atomic mass is 9.96. The number of hydrogen-bond donors (Lipinski definition) is 3. The first kappa shape index (κ1) is 13.1. The summed E-state index contributed by atoms with van der Waals surface area (Å²) in [7, 11) is -3.64. The van der Waals surface area contributed by atoms with Crippen molar-refractivity contribution in [2.24, 2.45) is 0 Å². The highest BCUT2D eigenvalue weighted by atomic mass is 32.2. The molecule has 92 valence electrons. The van der Waals surface area contributed by atoms with E-state index in [1.807, 2.05) is 13.8 Å². The lowest BCUT2D eigenvalue weighted by molar-refractivity contribution is 0.172. The number of H-pyrrole nitrogens is 1. The van der Waals surface area contributed by atoms with Gasteiger partial charge in [0.2, 0.25) is 0 Å². The number of aliphatic hydroxyl groups excluding tert-OH is 1. The molecule has 1 rings (SSSR count). The van der Waals surface area contributed by atoms with Crippen molar-refractivity contribution in [3.8, 4) is 0 Å². The summed E-state index contributed by atoms with van der Waals surface area (Å²) in [6, 6.07) is 1.37. The van der Waals surface area contributed by atoms with Crippen LogP contribution >= 0.6 is 0 Å². The van der Waals surface area contributed by atoms with E-state index in [1.54, 1.807) is 0 Å². The quantitative estimate of drug-likeness (QED) is 0.671. The van der Waals surface area contributed by atoms with Gasteiger partial charge in [-0.05, 0) is 18.9 Å². The highest BCUT2D eigenvalue weighted by Gasteiger charge is 2.31. The Morgan fingerprint density at radius 3 is 2.50 bits per heavy atom. The van der Waals surface area contributed by atoms with E-state index >= 15 is 0 Å². The summed E-state index contributed by atoms with van der Waals surface area (Å²) >= 11 is 0. The van der Waals surface area contributed by atoms with Crippen molar-refractivity contribution in [2.75, 3.05) is 6.61 Å². The summed E-state index contributed by atoms with van der Waals surface area (Å²) in [6.07, 6.45) is 2.41. The number of aliphatic hydroxyl groups is 1. The lowest BCUT2D eigenvalue weighted by Gasteiger charge is -2.29. The van der Waals surface area contributed by atoms with Crippen molar-refractivity contribution in [1.29, 1.82) is 0 Å². The van der Waals surface area contributed by atoms with Crippen LogP contribution in [0.3, 0.4) is 0 Å². The molecule has 0 amide bonds. The van der Waals surface area contributed by atoms with E-state index in [1.165, 1.54) is 12.3 Å². The molecule has 6 nitrogen and oxygen atoms in total. The molecule has 0 atom stereocenters. The molecule has 1 aromatic heterocycles. The molecule has 0 aromatic carbocycles. The molecular formula is C9H17N3O3S. The second-order valence-corrected chi connectivity index (χ2v) is 5.32. The third kappa shape index (κ3) is 2.60. The minimum atomic E-state index is -3.64. The molecule has 0 bridgehead atoms. The fourth-order valence-corrected chi connectivity index (χ4v) is 2.83. The predicted octanol–water partition coefficient (Wildman–Crippen LogP) is 0.239. The summed E-state index contributed by atoms with van der Waals surface area (Å²) < 4.78 is 26.3. The molecule has 0 saturated heterocycles.